The summed E-state index contributed by atoms with van der Waals surface area (Å²) in [6, 6.07) is 14.4. The lowest BCUT2D eigenvalue weighted by Gasteiger charge is -2.20. The summed E-state index contributed by atoms with van der Waals surface area (Å²) in [6.07, 6.45) is 7.49. The fourth-order valence-electron chi connectivity index (χ4n) is 4.14. The van der Waals surface area contributed by atoms with Crippen molar-refractivity contribution < 1.29 is 14.1 Å². The third-order valence-electron chi connectivity index (χ3n) is 6.12. The van der Waals surface area contributed by atoms with Crippen LogP contribution in [0.4, 0.5) is 11.4 Å². The number of carbonyl (C=O) groups is 2. The van der Waals surface area contributed by atoms with Gasteiger partial charge in [0.1, 0.15) is 0 Å². The van der Waals surface area contributed by atoms with Crippen molar-refractivity contribution in [2.45, 2.75) is 50.9 Å². The fourth-order valence-corrected chi connectivity index (χ4v) is 4.14. The molecule has 2 N–H and O–H groups in total. The van der Waals surface area contributed by atoms with Crippen LogP contribution in [0, 0.1) is 5.92 Å². The van der Waals surface area contributed by atoms with Crippen LogP contribution in [0.15, 0.2) is 53.1 Å². The number of nitrogens with one attached hydrogen (secondary N) is 2. The normalized spacial score (nSPS) is 16.5. The summed E-state index contributed by atoms with van der Waals surface area (Å²) in [5, 5.41) is 9.94. The molecule has 0 spiro atoms. The Labute approximate surface area is 186 Å². The van der Waals surface area contributed by atoms with Crippen LogP contribution in [0.1, 0.15) is 67.0 Å². The van der Waals surface area contributed by atoms with Crippen LogP contribution in [-0.2, 0) is 4.79 Å². The van der Waals surface area contributed by atoms with Crippen LogP contribution >= 0.6 is 0 Å². The number of rotatable bonds is 6. The molecule has 2 aromatic carbocycles. The number of aromatic nitrogens is 2. The van der Waals surface area contributed by atoms with Gasteiger partial charge in [-0.3, -0.25) is 9.59 Å². The van der Waals surface area contributed by atoms with Gasteiger partial charge in [-0.15, -0.1) is 0 Å². The summed E-state index contributed by atoms with van der Waals surface area (Å²) in [5.74, 6) is 1.48. The van der Waals surface area contributed by atoms with Gasteiger partial charge in [0.15, 0.2) is 5.82 Å². The molecule has 1 aromatic heterocycles. The van der Waals surface area contributed by atoms with Gasteiger partial charge in [0.25, 0.3) is 11.8 Å². The first-order valence-corrected chi connectivity index (χ1v) is 11.3. The Kier molecular flexibility index (Phi) is 5.71. The highest BCUT2D eigenvalue weighted by Crippen LogP contribution is 2.39. The first-order valence-electron chi connectivity index (χ1n) is 11.3. The molecule has 2 saturated carbocycles. The summed E-state index contributed by atoms with van der Waals surface area (Å²) in [6.45, 7) is 0. The average Bonchev–Trinajstić information content (AvgIpc) is 3.56. The van der Waals surface area contributed by atoms with E-state index in [1.807, 2.05) is 30.3 Å². The van der Waals surface area contributed by atoms with E-state index in [2.05, 4.69) is 20.8 Å². The molecule has 2 aliphatic rings. The molecule has 0 atom stereocenters. The highest BCUT2D eigenvalue weighted by Gasteiger charge is 2.29. The van der Waals surface area contributed by atoms with E-state index in [4.69, 9.17) is 4.52 Å². The summed E-state index contributed by atoms with van der Waals surface area (Å²) in [7, 11) is 0. The zero-order chi connectivity index (χ0) is 21.9. The summed E-state index contributed by atoms with van der Waals surface area (Å²) >= 11 is 0. The molecule has 2 fully saturated rings. The standard InChI is InChI=1S/C25H26N4O3/c30-23(17-6-2-1-3-7-17)26-20-10-4-8-18(14-20)24(31)27-21-11-5-9-19(15-21)25-28-22(29-32-25)16-12-13-16/h4-5,8-11,14-17H,1-3,6-7,12-13H2,(H,26,30)(H,27,31). The molecule has 1 heterocycles. The molecule has 0 bridgehead atoms. The Morgan fingerprint density at radius 2 is 1.62 bits per heavy atom. The molecular weight excluding hydrogens is 404 g/mol. The number of anilines is 2. The lowest BCUT2D eigenvalue weighted by Crippen LogP contribution is -2.24. The van der Waals surface area contributed by atoms with Crippen LogP contribution in [0.2, 0.25) is 0 Å². The smallest absolute Gasteiger partial charge is 0.258 e. The van der Waals surface area contributed by atoms with Crippen molar-refractivity contribution in [2.75, 3.05) is 10.6 Å². The van der Waals surface area contributed by atoms with Crippen LogP contribution in [0.25, 0.3) is 11.5 Å². The molecular formula is C25H26N4O3. The number of nitrogens with zero attached hydrogens (tertiary/aromatic N) is 2. The van der Waals surface area contributed by atoms with Crippen molar-refractivity contribution >= 4 is 23.2 Å². The maximum absolute atomic E-state index is 12.8. The van der Waals surface area contributed by atoms with E-state index in [0.29, 0.717) is 28.7 Å². The third kappa shape index (κ3) is 4.72. The van der Waals surface area contributed by atoms with E-state index in [9.17, 15) is 9.59 Å². The van der Waals surface area contributed by atoms with Crippen molar-refractivity contribution in [1.82, 2.24) is 10.1 Å². The van der Waals surface area contributed by atoms with Crippen molar-refractivity contribution in [1.29, 1.82) is 0 Å². The van der Waals surface area contributed by atoms with Crippen LogP contribution in [0.5, 0.6) is 0 Å². The van der Waals surface area contributed by atoms with Gasteiger partial charge in [-0.1, -0.05) is 36.6 Å². The maximum Gasteiger partial charge on any atom is 0.258 e. The first-order chi connectivity index (χ1) is 15.7. The highest BCUT2D eigenvalue weighted by atomic mass is 16.5. The van der Waals surface area contributed by atoms with Crippen molar-refractivity contribution in [2.24, 2.45) is 5.92 Å². The van der Waals surface area contributed by atoms with E-state index in [-0.39, 0.29) is 17.7 Å². The minimum atomic E-state index is -0.250. The number of carbonyl (C=O) groups excluding carboxylic acids is 2. The minimum absolute atomic E-state index is 0.0417. The van der Waals surface area contributed by atoms with E-state index in [0.717, 1.165) is 49.9 Å². The molecule has 164 valence electrons. The number of hydrogen-bond donors (Lipinski definition) is 2. The molecule has 7 nitrogen and oxygen atoms in total. The number of amides is 2. The molecule has 2 amide bonds. The van der Waals surface area contributed by atoms with Gasteiger partial charge in [-0.05, 0) is 62.1 Å². The Morgan fingerprint density at radius 3 is 2.41 bits per heavy atom. The molecule has 3 aromatic rings. The molecule has 0 saturated heterocycles. The lowest BCUT2D eigenvalue weighted by molar-refractivity contribution is -0.120. The van der Waals surface area contributed by atoms with Crippen molar-refractivity contribution in [3.05, 3.63) is 59.9 Å². The quantitative estimate of drug-likeness (QED) is 0.547. The predicted octanol–water partition coefficient (Wildman–Crippen LogP) is 5.39. The van der Waals surface area contributed by atoms with Gasteiger partial charge in [-0.25, -0.2) is 0 Å². The summed E-state index contributed by atoms with van der Waals surface area (Å²) in [4.78, 5) is 29.8. The molecule has 7 heteroatoms. The van der Waals surface area contributed by atoms with Crippen LogP contribution < -0.4 is 10.6 Å². The average molecular weight is 431 g/mol. The molecule has 0 aliphatic heterocycles. The summed E-state index contributed by atoms with van der Waals surface area (Å²) < 4.78 is 5.39. The Morgan fingerprint density at radius 1 is 0.875 bits per heavy atom. The Bertz CT molecular complexity index is 1130. The summed E-state index contributed by atoms with van der Waals surface area (Å²) in [5.41, 5.74) is 2.51. The second-order valence-electron chi connectivity index (χ2n) is 8.67. The van der Waals surface area contributed by atoms with Gasteiger partial charge in [-0.2, -0.15) is 4.98 Å². The van der Waals surface area contributed by atoms with Crippen LogP contribution in [0.3, 0.4) is 0 Å². The highest BCUT2D eigenvalue weighted by molar-refractivity contribution is 6.05. The van der Waals surface area contributed by atoms with Crippen molar-refractivity contribution in [3.8, 4) is 11.5 Å². The first kappa shape index (κ1) is 20.4. The van der Waals surface area contributed by atoms with Gasteiger partial charge < -0.3 is 15.2 Å². The Balaban J connectivity index is 1.25. The lowest BCUT2D eigenvalue weighted by atomic mass is 9.88. The van der Waals surface area contributed by atoms with Gasteiger partial charge in [0.2, 0.25) is 5.91 Å². The Hall–Kier alpha value is -3.48. The van der Waals surface area contributed by atoms with Crippen molar-refractivity contribution in [3.63, 3.8) is 0 Å². The SMILES string of the molecule is O=C(Nc1cccc(-c2nc(C3CC3)no2)c1)c1cccc(NC(=O)C2CCCCC2)c1. The minimum Gasteiger partial charge on any atom is -0.334 e. The van der Waals surface area contributed by atoms with E-state index in [1.54, 1.807) is 18.2 Å². The fraction of sp³-hybridized carbons (Fsp3) is 0.360. The second-order valence-corrected chi connectivity index (χ2v) is 8.67. The molecule has 0 unspecified atom stereocenters. The van der Waals surface area contributed by atoms with E-state index >= 15 is 0 Å². The monoisotopic (exact) mass is 430 g/mol. The maximum atomic E-state index is 12.8. The van der Waals surface area contributed by atoms with Gasteiger partial charge in [0.05, 0.1) is 0 Å². The predicted molar refractivity (Wildman–Crippen MR) is 121 cm³/mol. The number of benzene rings is 2. The molecule has 5 rings (SSSR count). The van der Waals surface area contributed by atoms with E-state index < -0.39 is 0 Å². The molecule has 0 radical (unpaired) electrons. The zero-order valence-corrected chi connectivity index (χ0v) is 17.8. The largest absolute Gasteiger partial charge is 0.334 e. The van der Waals surface area contributed by atoms with E-state index in [1.165, 1.54) is 6.42 Å². The topological polar surface area (TPSA) is 97.1 Å². The zero-order valence-electron chi connectivity index (χ0n) is 17.8. The van der Waals surface area contributed by atoms with Crippen LogP contribution in [-0.4, -0.2) is 22.0 Å². The van der Waals surface area contributed by atoms with Gasteiger partial charge in [0, 0.05) is 34.3 Å². The molecule has 32 heavy (non-hydrogen) atoms. The number of hydrogen-bond acceptors (Lipinski definition) is 5. The van der Waals surface area contributed by atoms with Gasteiger partial charge >= 0.3 is 0 Å². The second kappa shape index (κ2) is 8.94. The third-order valence-corrected chi connectivity index (χ3v) is 6.12. The molecule has 2 aliphatic carbocycles.